The highest BCUT2D eigenvalue weighted by Gasteiger charge is 2.17. The first kappa shape index (κ1) is 11.5. The van der Waals surface area contributed by atoms with Crippen LogP contribution in [0.3, 0.4) is 0 Å². The van der Waals surface area contributed by atoms with Gasteiger partial charge in [0.2, 0.25) is 5.88 Å². The molecule has 2 aromatic rings. The van der Waals surface area contributed by atoms with E-state index in [1.807, 2.05) is 20.2 Å². The Hall–Kier alpha value is -1.95. The van der Waals surface area contributed by atoms with Crippen LogP contribution in [0, 0.1) is 0 Å². The van der Waals surface area contributed by atoms with Crippen molar-refractivity contribution in [3.05, 3.63) is 36.0 Å². The Bertz CT molecular complexity index is 482. The van der Waals surface area contributed by atoms with Gasteiger partial charge in [-0.1, -0.05) is 0 Å². The van der Waals surface area contributed by atoms with Crippen molar-refractivity contribution in [3.8, 4) is 5.88 Å². The highest BCUT2D eigenvalue weighted by Crippen LogP contribution is 2.22. The van der Waals surface area contributed by atoms with E-state index in [2.05, 4.69) is 20.4 Å². The van der Waals surface area contributed by atoms with E-state index in [4.69, 9.17) is 4.74 Å². The standard InChI is InChI=1S/C11H15N5O/c1-12-11(8-5-13-7-14-6-8)9-4-10(17-3)16(2)15-9/h4-7,11-12H,1-3H3. The average molecular weight is 233 g/mol. The third kappa shape index (κ3) is 2.26. The molecule has 0 radical (unpaired) electrons. The van der Waals surface area contributed by atoms with Gasteiger partial charge in [-0.3, -0.25) is 0 Å². The van der Waals surface area contributed by atoms with Gasteiger partial charge < -0.3 is 10.1 Å². The normalized spacial score (nSPS) is 12.4. The molecule has 6 nitrogen and oxygen atoms in total. The fourth-order valence-electron chi connectivity index (χ4n) is 1.75. The van der Waals surface area contributed by atoms with Crippen LogP contribution in [0.4, 0.5) is 0 Å². The van der Waals surface area contributed by atoms with Crippen molar-refractivity contribution in [1.29, 1.82) is 0 Å². The highest BCUT2D eigenvalue weighted by atomic mass is 16.5. The number of hydrogen-bond donors (Lipinski definition) is 1. The number of methoxy groups -OCH3 is 1. The molecule has 1 atom stereocenters. The third-order valence-electron chi connectivity index (χ3n) is 2.56. The maximum absolute atomic E-state index is 5.20. The van der Waals surface area contributed by atoms with E-state index in [1.165, 1.54) is 6.33 Å². The summed E-state index contributed by atoms with van der Waals surface area (Å²) in [6, 6.07) is 1.86. The molecule has 17 heavy (non-hydrogen) atoms. The van der Waals surface area contributed by atoms with Crippen LogP contribution in [0.25, 0.3) is 0 Å². The van der Waals surface area contributed by atoms with E-state index >= 15 is 0 Å². The molecule has 0 saturated carbocycles. The van der Waals surface area contributed by atoms with Gasteiger partial charge in [-0.2, -0.15) is 5.10 Å². The highest BCUT2D eigenvalue weighted by molar-refractivity contribution is 5.27. The third-order valence-corrected chi connectivity index (χ3v) is 2.56. The van der Waals surface area contributed by atoms with Crippen LogP contribution in [0.5, 0.6) is 5.88 Å². The molecule has 6 heteroatoms. The lowest BCUT2D eigenvalue weighted by Crippen LogP contribution is -2.18. The van der Waals surface area contributed by atoms with E-state index in [9.17, 15) is 0 Å². The van der Waals surface area contributed by atoms with Crippen molar-refractivity contribution in [1.82, 2.24) is 25.1 Å². The quantitative estimate of drug-likeness (QED) is 0.834. The first-order valence-corrected chi connectivity index (χ1v) is 5.26. The molecule has 1 unspecified atom stereocenters. The lowest BCUT2D eigenvalue weighted by Gasteiger charge is -2.12. The second-order valence-electron chi connectivity index (χ2n) is 3.63. The maximum Gasteiger partial charge on any atom is 0.211 e. The van der Waals surface area contributed by atoms with E-state index in [0.29, 0.717) is 0 Å². The van der Waals surface area contributed by atoms with Gasteiger partial charge >= 0.3 is 0 Å². The summed E-state index contributed by atoms with van der Waals surface area (Å²) in [4.78, 5) is 8.02. The van der Waals surface area contributed by atoms with Gasteiger partial charge in [0, 0.05) is 31.1 Å². The molecule has 2 aromatic heterocycles. The lowest BCUT2D eigenvalue weighted by molar-refractivity contribution is 0.373. The molecule has 0 aliphatic heterocycles. The fourth-order valence-corrected chi connectivity index (χ4v) is 1.75. The van der Waals surface area contributed by atoms with Crippen molar-refractivity contribution in [2.75, 3.05) is 14.2 Å². The minimum atomic E-state index is -0.0358. The lowest BCUT2D eigenvalue weighted by atomic mass is 10.1. The van der Waals surface area contributed by atoms with Crippen LogP contribution in [0.2, 0.25) is 0 Å². The molecule has 0 aliphatic carbocycles. The molecular weight excluding hydrogens is 218 g/mol. The van der Waals surface area contributed by atoms with E-state index in [-0.39, 0.29) is 6.04 Å². The van der Waals surface area contributed by atoms with Crippen molar-refractivity contribution >= 4 is 0 Å². The van der Waals surface area contributed by atoms with Crippen LogP contribution < -0.4 is 10.1 Å². The van der Waals surface area contributed by atoms with Crippen LogP contribution >= 0.6 is 0 Å². The van der Waals surface area contributed by atoms with E-state index in [0.717, 1.165) is 17.1 Å². The van der Waals surface area contributed by atoms with Gasteiger partial charge in [0.05, 0.1) is 18.8 Å². The van der Waals surface area contributed by atoms with Gasteiger partial charge in [-0.15, -0.1) is 0 Å². The summed E-state index contributed by atoms with van der Waals surface area (Å²) in [6.45, 7) is 0. The number of nitrogens with zero attached hydrogens (tertiary/aromatic N) is 4. The largest absolute Gasteiger partial charge is 0.481 e. The molecule has 0 amide bonds. The fraction of sp³-hybridized carbons (Fsp3) is 0.364. The Morgan fingerprint density at radius 1 is 1.35 bits per heavy atom. The molecule has 0 saturated heterocycles. The van der Waals surface area contributed by atoms with Crippen LogP contribution in [0.15, 0.2) is 24.8 Å². The molecule has 0 aromatic carbocycles. The zero-order valence-corrected chi connectivity index (χ0v) is 10.1. The van der Waals surface area contributed by atoms with Gasteiger partial charge in [0.15, 0.2) is 0 Å². The summed E-state index contributed by atoms with van der Waals surface area (Å²) in [6.07, 6.45) is 5.06. The number of ether oxygens (including phenoxy) is 1. The maximum atomic E-state index is 5.20. The molecule has 0 spiro atoms. The Labute approximate surface area is 99.7 Å². The first-order chi connectivity index (χ1) is 8.26. The van der Waals surface area contributed by atoms with Crippen molar-refractivity contribution in [2.45, 2.75) is 6.04 Å². The number of nitrogens with one attached hydrogen (secondary N) is 1. The van der Waals surface area contributed by atoms with Crippen molar-refractivity contribution in [2.24, 2.45) is 7.05 Å². The SMILES string of the molecule is CNC(c1cncnc1)c1cc(OC)n(C)n1. The van der Waals surface area contributed by atoms with Crippen LogP contribution in [-0.4, -0.2) is 33.9 Å². The van der Waals surface area contributed by atoms with Crippen molar-refractivity contribution < 1.29 is 4.74 Å². The molecule has 2 rings (SSSR count). The molecule has 90 valence electrons. The van der Waals surface area contributed by atoms with Gasteiger partial charge in [-0.05, 0) is 7.05 Å². The molecule has 1 N–H and O–H groups in total. The summed E-state index contributed by atoms with van der Waals surface area (Å²) in [5, 5.41) is 7.59. The molecule has 0 aliphatic rings. The van der Waals surface area contributed by atoms with E-state index in [1.54, 1.807) is 24.2 Å². The summed E-state index contributed by atoms with van der Waals surface area (Å²) >= 11 is 0. The van der Waals surface area contributed by atoms with Crippen LogP contribution in [-0.2, 0) is 7.05 Å². The topological polar surface area (TPSA) is 64.9 Å². The summed E-state index contributed by atoms with van der Waals surface area (Å²) in [5.41, 5.74) is 1.84. The second kappa shape index (κ2) is 4.92. The minimum absolute atomic E-state index is 0.0358. The smallest absolute Gasteiger partial charge is 0.211 e. The van der Waals surface area contributed by atoms with E-state index < -0.39 is 0 Å². The zero-order chi connectivity index (χ0) is 12.3. The Balaban J connectivity index is 2.35. The predicted molar refractivity (Wildman–Crippen MR) is 62.7 cm³/mol. The number of rotatable bonds is 4. The van der Waals surface area contributed by atoms with Crippen LogP contribution in [0.1, 0.15) is 17.3 Å². The number of aromatic nitrogens is 4. The van der Waals surface area contributed by atoms with Crippen molar-refractivity contribution in [3.63, 3.8) is 0 Å². The predicted octanol–water partition coefficient (Wildman–Crippen LogP) is 0.527. The number of hydrogen-bond acceptors (Lipinski definition) is 5. The first-order valence-electron chi connectivity index (χ1n) is 5.26. The summed E-state index contributed by atoms with van der Waals surface area (Å²) in [7, 11) is 5.34. The average Bonchev–Trinajstić information content (AvgIpc) is 2.73. The molecule has 0 fully saturated rings. The molecular formula is C11H15N5O. The monoisotopic (exact) mass is 233 g/mol. The summed E-state index contributed by atoms with van der Waals surface area (Å²) < 4.78 is 6.90. The second-order valence-corrected chi connectivity index (χ2v) is 3.63. The number of aryl methyl sites for hydroxylation is 1. The van der Waals surface area contributed by atoms with Gasteiger partial charge in [0.25, 0.3) is 0 Å². The Kier molecular flexibility index (Phi) is 3.34. The summed E-state index contributed by atoms with van der Waals surface area (Å²) in [5.74, 6) is 0.720. The molecule has 2 heterocycles. The zero-order valence-electron chi connectivity index (χ0n) is 10.1. The van der Waals surface area contributed by atoms with Gasteiger partial charge in [-0.25, -0.2) is 14.6 Å². The molecule has 0 bridgehead atoms. The Morgan fingerprint density at radius 2 is 2.06 bits per heavy atom. The minimum Gasteiger partial charge on any atom is -0.481 e. The van der Waals surface area contributed by atoms with Gasteiger partial charge in [0.1, 0.15) is 6.33 Å². The Morgan fingerprint density at radius 3 is 2.59 bits per heavy atom.